The molecule has 102 valence electrons. The van der Waals surface area contributed by atoms with Gasteiger partial charge in [-0.3, -0.25) is 4.79 Å². The minimum atomic E-state index is 0.225. The first kappa shape index (κ1) is 12.5. The summed E-state index contributed by atoms with van der Waals surface area (Å²) >= 11 is 0. The number of piperazine rings is 1. The molecule has 0 aliphatic carbocycles. The molecule has 4 heteroatoms. The number of amides is 1. The zero-order valence-corrected chi connectivity index (χ0v) is 11.6. The Balaban J connectivity index is 1.89. The maximum atomic E-state index is 12.1. The van der Waals surface area contributed by atoms with Crippen LogP contribution >= 0.6 is 0 Å². The van der Waals surface area contributed by atoms with Gasteiger partial charge in [-0.05, 0) is 37.6 Å². The number of hydrogen-bond donors (Lipinski definition) is 1. The second kappa shape index (κ2) is 4.85. The molecule has 1 amide bonds. The summed E-state index contributed by atoms with van der Waals surface area (Å²) in [4.78, 5) is 16.4. The summed E-state index contributed by atoms with van der Waals surface area (Å²) < 4.78 is 0. The van der Waals surface area contributed by atoms with Gasteiger partial charge in [0.05, 0.1) is 6.42 Å². The molecule has 2 aliphatic rings. The molecule has 0 saturated carbocycles. The largest absolute Gasteiger partial charge is 0.369 e. The van der Waals surface area contributed by atoms with Gasteiger partial charge in [-0.25, -0.2) is 0 Å². The molecule has 0 aromatic heterocycles. The van der Waals surface area contributed by atoms with Crippen LogP contribution in [0.2, 0.25) is 0 Å². The summed E-state index contributed by atoms with van der Waals surface area (Å²) in [7, 11) is 0. The number of hydrogen-bond acceptors (Lipinski definition) is 3. The number of carbonyl (C=O) groups excluding carboxylic acids is 1. The molecule has 0 spiro atoms. The van der Waals surface area contributed by atoms with E-state index in [0.717, 1.165) is 31.9 Å². The van der Waals surface area contributed by atoms with Gasteiger partial charge >= 0.3 is 0 Å². The number of anilines is 2. The summed E-state index contributed by atoms with van der Waals surface area (Å²) in [6.07, 6.45) is 0.549. The zero-order chi connectivity index (χ0) is 13.4. The SMILES string of the molecule is CC(C)N1C(=O)Cc2cc(N3CCNCC3)ccc21. The predicted octanol–water partition coefficient (Wildman–Crippen LogP) is 1.39. The van der Waals surface area contributed by atoms with E-state index in [-0.39, 0.29) is 11.9 Å². The molecular weight excluding hydrogens is 238 g/mol. The molecule has 1 N–H and O–H groups in total. The first-order chi connectivity index (χ1) is 9.16. The lowest BCUT2D eigenvalue weighted by Gasteiger charge is -2.30. The Morgan fingerprint density at radius 1 is 1.21 bits per heavy atom. The maximum Gasteiger partial charge on any atom is 0.231 e. The lowest BCUT2D eigenvalue weighted by atomic mass is 10.1. The highest BCUT2D eigenvalue weighted by atomic mass is 16.2. The van der Waals surface area contributed by atoms with Crippen molar-refractivity contribution in [3.8, 4) is 0 Å². The molecule has 19 heavy (non-hydrogen) atoms. The highest BCUT2D eigenvalue weighted by Crippen LogP contribution is 2.33. The first-order valence-electron chi connectivity index (χ1n) is 7.07. The normalized spacial score (nSPS) is 19.2. The van der Waals surface area contributed by atoms with Crippen molar-refractivity contribution in [1.29, 1.82) is 0 Å². The first-order valence-corrected chi connectivity index (χ1v) is 7.07. The van der Waals surface area contributed by atoms with Gasteiger partial charge < -0.3 is 15.1 Å². The summed E-state index contributed by atoms with van der Waals surface area (Å²) in [5.74, 6) is 0.225. The molecule has 1 saturated heterocycles. The van der Waals surface area contributed by atoms with Gasteiger partial charge in [0, 0.05) is 43.6 Å². The van der Waals surface area contributed by atoms with Crippen LogP contribution in [0.4, 0.5) is 11.4 Å². The minimum absolute atomic E-state index is 0.225. The van der Waals surface area contributed by atoms with E-state index in [9.17, 15) is 4.79 Å². The third-order valence-electron chi connectivity index (χ3n) is 3.93. The third kappa shape index (κ3) is 2.21. The number of rotatable bonds is 2. The summed E-state index contributed by atoms with van der Waals surface area (Å²) in [6, 6.07) is 6.69. The number of nitrogens with zero attached hydrogens (tertiary/aromatic N) is 2. The number of benzene rings is 1. The van der Waals surface area contributed by atoms with Crippen molar-refractivity contribution in [1.82, 2.24) is 5.32 Å². The molecule has 0 bridgehead atoms. The third-order valence-corrected chi connectivity index (χ3v) is 3.93. The fourth-order valence-corrected chi connectivity index (χ4v) is 3.02. The van der Waals surface area contributed by atoms with E-state index in [2.05, 4.69) is 42.3 Å². The van der Waals surface area contributed by atoms with E-state index >= 15 is 0 Å². The van der Waals surface area contributed by atoms with Crippen molar-refractivity contribution in [3.63, 3.8) is 0 Å². The van der Waals surface area contributed by atoms with Gasteiger partial charge in [-0.1, -0.05) is 0 Å². The molecule has 0 unspecified atom stereocenters. The second-order valence-corrected chi connectivity index (χ2v) is 5.58. The highest BCUT2D eigenvalue weighted by molar-refractivity contribution is 6.02. The van der Waals surface area contributed by atoms with Crippen LogP contribution in [-0.4, -0.2) is 38.1 Å². The molecule has 2 aliphatic heterocycles. The van der Waals surface area contributed by atoms with Crippen LogP contribution in [-0.2, 0) is 11.2 Å². The average molecular weight is 259 g/mol. The van der Waals surface area contributed by atoms with E-state index in [0.29, 0.717) is 6.42 Å². The molecule has 0 atom stereocenters. The predicted molar refractivity (Wildman–Crippen MR) is 77.9 cm³/mol. The zero-order valence-electron chi connectivity index (χ0n) is 11.6. The average Bonchev–Trinajstić information content (AvgIpc) is 2.74. The summed E-state index contributed by atoms with van der Waals surface area (Å²) in [5, 5.41) is 3.36. The Morgan fingerprint density at radius 3 is 2.63 bits per heavy atom. The summed E-state index contributed by atoms with van der Waals surface area (Å²) in [5.41, 5.74) is 3.52. The molecule has 1 aromatic carbocycles. The molecule has 3 rings (SSSR count). The quantitative estimate of drug-likeness (QED) is 0.872. The minimum Gasteiger partial charge on any atom is -0.369 e. The van der Waals surface area contributed by atoms with Gasteiger partial charge in [-0.2, -0.15) is 0 Å². The summed E-state index contributed by atoms with van der Waals surface area (Å²) in [6.45, 7) is 8.29. The lowest BCUT2D eigenvalue weighted by Crippen LogP contribution is -2.43. The number of fused-ring (bicyclic) bond motifs is 1. The van der Waals surface area contributed by atoms with Crippen LogP contribution in [0.3, 0.4) is 0 Å². The second-order valence-electron chi connectivity index (χ2n) is 5.58. The van der Waals surface area contributed by atoms with Gasteiger partial charge in [-0.15, -0.1) is 0 Å². The van der Waals surface area contributed by atoms with Crippen molar-refractivity contribution < 1.29 is 4.79 Å². The highest BCUT2D eigenvalue weighted by Gasteiger charge is 2.29. The fraction of sp³-hybridized carbons (Fsp3) is 0.533. The van der Waals surface area contributed by atoms with E-state index in [1.165, 1.54) is 11.3 Å². The smallest absolute Gasteiger partial charge is 0.231 e. The molecule has 2 heterocycles. The van der Waals surface area contributed by atoms with Gasteiger partial charge in [0.15, 0.2) is 0 Å². The Hall–Kier alpha value is -1.55. The van der Waals surface area contributed by atoms with Crippen molar-refractivity contribution in [3.05, 3.63) is 23.8 Å². The van der Waals surface area contributed by atoms with Crippen LogP contribution in [0.5, 0.6) is 0 Å². The number of carbonyl (C=O) groups is 1. The monoisotopic (exact) mass is 259 g/mol. The van der Waals surface area contributed by atoms with Crippen LogP contribution in [0, 0.1) is 0 Å². The Labute approximate surface area is 114 Å². The molecule has 4 nitrogen and oxygen atoms in total. The maximum absolute atomic E-state index is 12.1. The van der Waals surface area contributed by atoms with Gasteiger partial charge in [0.25, 0.3) is 0 Å². The molecule has 1 aromatic rings. The van der Waals surface area contributed by atoms with Crippen LogP contribution in [0.1, 0.15) is 19.4 Å². The number of nitrogens with one attached hydrogen (secondary N) is 1. The lowest BCUT2D eigenvalue weighted by molar-refractivity contribution is -0.117. The van der Waals surface area contributed by atoms with Crippen LogP contribution in [0.15, 0.2) is 18.2 Å². The van der Waals surface area contributed by atoms with Crippen molar-refractivity contribution in [2.24, 2.45) is 0 Å². The topological polar surface area (TPSA) is 35.6 Å². The van der Waals surface area contributed by atoms with Crippen LogP contribution < -0.4 is 15.1 Å². The van der Waals surface area contributed by atoms with E-state index in [1.807, 2.05) is 4.90 Å². The fourth-order valence-electron chi connectivity index (χ4n) is 3.02. The Morgan fingerprint density at radius 2 is 1.95 bits per heavy atom. The molecule has 1 fully saturated rings. The Bertz CT molecular complexity index is 492. The van der Waals surface area contributed by atoms with Gasteiger partial charge in [0.2, 0.25) is 5.91 Å². The van der Waals surface area contributed by atoms with Crippen molar-refractivity contribution in [2.45, 2.75) is 26.3 Å². The molecular formula is C15H21N3O. The van der Waals surface area contributed by atoms with Crippen molar-refractivity contribution in [2.75, 3.05) is 36.0 Å². The Kier molecular flexibility index (Phi) is 3.19. The van der Waals surface area contributed by atoms with Gasteiger partial charge in [0.1, 0.15) is 0 Å². The molecule has 0 radical (unpaired) electrons. The van der Waals surface area contributed by atoms with Crippen molar-refractivity contribution >= 4 is 17.3 Å². The standard InChI is InChI=1S/C15H21N3O/c1-11(2)18-14-4-3-13(9-12(14)10-15(18)19)17-7-5-16-6-8-17/h3-4,9,11,16H,5-8,10H2,1-2H3. The van der Waals surface area contributed by atoms with E-state index in [1.54, 1.807) is 0 Å². The van der Waals surface area contributed by atoms with E-state index in [4.69, 9.17) is 0 Å². The van der Waals surface area contributed by atoms with E-state index < -0.39 is 0 Å². The van der Waals surface area contributed by atoms with Crippen LogP contribution in [0.25, 0.3) is 0 Å².